The number of fused-ring (bicyclic) bond motifs is 7. The molecule has 0 spiro atoms. The second-order valence-electron chi connectivity index (χ2n) is 16.6. The normalized spacial score (nSPS) is 47.5. The van der Waals surface area contributed by atoms with Gasteiger partial charge in [0.25, 0.3) is 0 Å². The molecule has 0 aromatic heterocycles. The summed E-state index contributed by atoms with van der Waals surface area (Å²) in [4.78, 5) is 26.6. The third-order valence-electron chi connectivity index (χ3n) is 15.2. The third-order valence-corrected chi connectivity index (χ3v) is 15.2. The Hall–Kier alpha value is -2.10. The van der Waals surface area contributed by atoms with E-state index in [1.54, 1.807) is 6.92 Å². The highest BCUT2D eigenvalue weighted by molar-refractivity contribution is 5.86. The Morgan fingerprint density at radius 2 is 1.55 bits per heavy atom. The maximum absolute atomic E-state index is 13.6. The van der Waals surface area contributed by atoms with Gasteiger partial charge < -0.3 is 9.84 Å². The van der Waals surface area contributed by atoms with Gasteiger partial charge in [-0.2, -0.15) is 0 Å². The van der Waals surface area contributed by atoms with E-state index in [2.05, 4.69) is 54.5 Å². The lowest BCUT2D eigenvalue weighted by molar-refractivity contribution is -0.225. The first-order valence-electron chi connectivity index (χ1n) is 16.8. The van der Waals surface area contributed by atoms with Crippen molar-refractivity contribution >= 4 is 11.8 Å². The lowest BCUT2D eigenvalue weighted by Crippen LogP contribution is -2.69. The number of ether oxygens (including phenoxy) is 1. The molecule has 0 heterocycles. The summed E-state index contributed by atoms with van der Waals surface area (Å²) in [7, 11) is 0. The van der Waals surface area contributed by atoms with Gasteiger partial charge >= 0.3 is 5.97 Å². The lowest BCUT2D eigenvalue weighted by Gasteiger charge is -2.72. The minimum atomic E-state index is -0.842. The third kappa shape index (κ3) is 3.59. The highest BCUT2D eigenvalue weighted by Gasteiger charge is 2.72. The van der Waals surface area contributed by atoms with Crippen molar-refractivity contribution in [2.45, 2.75) is 119 Å². The van der Waals surface area contributed by atoms with Crippen LogP contribution < -0.4 is 4.74 Å². The van der Waals surface area contributed by atoms with Crippen LogP contribution in [0.4, 0.5) is 0 Å². The average Bonchev–Trinajstić information content (AvgIpc) is 2.93. The van der Waals surface area contributed by atoms with Crippen LogP contribution in [0, 0.1) is 56.7 Å². The summed E-state index contributed by atoms with van der Waals surface area (Å²) in [6.45, 7) is 18.6. The summed E-state index contributed by atoms with van der Waals surface area (Å²) in [5, 5.41) is 10.7. The van der Waals surface area contributed by atoms with E-state index in [0.717, 1.165) is 63.5 Å². The molecule has 1 N–H and O–H groups in total. The largest absolute Gasteiger partial charge is 0.481 e. The van der Waals surface area contributed by atoms with Crippen LogP contribution >= 0.6 is 0 Å². The molecule has 10 atom stereocenters. The molecule has 4 fully saturated rings. The van der Waals surface area contributed by atoms with Crippen molar-refractivity contribution in [1.29, 1.82) is 0 Å². The van der Waals surface area contributed by atoms with Crippen LogP contribution in [0.2, 0.25) is 0 Å². The van der Waals surface area contributed by atoms with Crippen LogP contribution in [0.15, 0.2) is 42.0 Å². The smallest absolute Gasteiger partial charge is 0.310 e. The summed E-state index contributed by atoms with van der Waals surface area (Å²) in [5.41, 5.74) is -0.120. The maximum Gasteiger partial charge on any atom is 0.310 e. The average molecular weight is 575 g/mol. The Labute approximate surface area is 254 Å². The predicted octanol–water partition coefficient (Wildman–Crippen LogP) is 9.14. The quantitative estimate of drug-likeness (QED) is 0.364. The molecule has 0 bridgehead atoms. The zero-order valence-corrected chi connectivity index (χ0v) is 27.4. The fourth-order valence-corrected chi connectivity index (χ4v) is 12.4. The molecule has 0 radical (unpaired) electrons. The second kappa shape index (κ2) is 9.45. The molecule has 42 heavy (non-hydrogen) atoms. The Balaban J connectivity index is 1.41. The van der Waals surface area contributed by atoms with Crippen LogP contribution in [0.3, 0.4) is 0 Å². The summed E-state index contributed by atoms with van der Waals surface area (Å²) < 4.78 is 6.78. The van der Waals surface area contributed by atoms with Gasteiger partial charge in [-0.05, 0) is 123 Å². The summed E-state index contributed by atoms with van der Waals surface area (Å²) in [6, 6.07) is 9.92. The molecule has 5 aliphatic carbocycles. The van der Waals surface area contributed by atoms with Crippen molar-refractivity contribution in [3.63, 3.8) is 0 Å². The van der Waals surface area contributed by atoms with Crippen molar-refractivity contribution in [2.75, 3.05) is 0 Å². The first-order chi connectivity index (χ1) is 19.6. The van der Waals surface area contributed by atoms with Gasteiger partial charge in [-0.15, -0.1) is 0 Å². The van der Waals surface area contributed by atoms with Crippen LogP contribution in [0.1, 0.15) is 113 Å². The van der Waals surface area contributed by atoms with Crippen LogP contribution in [0.25, 0.3) is 0 Å². The minimum Gasteiger partial charge on any atom is -0.481 e. The lowest BCUT2D eigenvalue weighted by atomic mass is 9.32. The van der Waals surface area contributed by atoms with Crippen LogP contribution in [-0.4, -0.2) is 22.5 Å². The first-order valence-corrected chi connectivity index (χ1v) is 16.8. The van der Waals surface area contributed by atoms with Crippen LogP contribution in [0.5, 0.6) is 5.75 Å². The number of carbonyl (C=O) groups is 2. The summed E-state index contributed by atoms with van der Waals surface area (Å²) in [5.74, 6) is 2.27. The SMILES string of the molecule is CC(=O)[C@]1(Oc2ccccc2)CC[C@@]2(C)C(CC[C@]3(C)[C@@H]2CC=C2[C@@H]4[C@@H](C)[C@H](C)CC[C@]4(C(=O)O)CC[C@]23C)C1(C)C. The van der Waals surface area contributed by atoms with Gasteiger partial charge in [-0.25, -0.2) is 0 Å². The van der Waals surface area contributed by atoms with Gasteiger partial charge in [-0.1, -0.05) is 78.3 Å². The fraction of sp³-hybridized carbons (Fsp3) is 0.737. The number of hydrogen-bond donors (Lipinski definition) is 1. The molecule has 0 saturated heterocycles. The van der Waals surface area contributed by atoms with E-state index in [-0.39, 0.29) is 33.4 Å². The van der Waals surface area contributed by atoms with E-state index >= 15 is 0 Å². The fourth-order valence-electron chi connectivity index (χ4n) is 12.4. The molecule has 230 valence electrons. The van der Waals surface area contributed by atoms with Gasteiger partial charge in [0.05, 0.1) is 5.41 Å². The number of rotatable bonds is 4. The number of para-hydroxylation sites is 1. The monoisotopic (exact) mass is 574 g/mol. The van der Waals surface area contributed by atoms with E-state index in [1.165, 1.54) is 5.57 Å². The van der Waals surface area contributed by atoms with Gasteiger partial charge in [-0.3, -0.25) is 9.59 Å². The molecule has 5 aliphatic rings. The molecule has 4 saturated carbocycles. The number of carboxylic acids is 1. The zero-order valence-electron chi connectivity index (χ0n) is 27.4. The molecule has 6 rings (SSSR count). The Morgan fingerprint density at radius 1 is 0.857 bits per heavy atom. The summed E-state index contributed by atoms with van der Waals surface area (Å²) in [6.07, 6.45) is 11.1. The minimum absolute atomic E-state index is 0.00136. The van der Waals surface area contributed by atoms with E-state index in [0.29, 0.717) is 23.7 Å². The Morgan fingerprint density at radius 3 is 2.19 bits per heavy atom. The van der Waals surface area contributed by atoms with Crippen molar-refractivity contribution in [1.82, 2.24) is 0 Å². The van der Waals surface area contributed by atoms with Gasteiger partial charge in [0.1, 0.15) is 5.75 Å². The molecular weight excluding hydrogens is 520 g/mol. The number of benzene rings is 1. The van der Waals surface area contributed by atoms with E-state index in [4.69, 9.17) is 4.74 Å². The first kappa shape index (κ1) is 29.9. The number of Topliss-reactive ketones (excluding diaryl/α,β-unsaturated/α-hetero) is 1. The number of hydrogen-bond acceptors (Lipinski definition) is 3. The van der Waals surface area contributed by atoms with Crippen molar-refractivity contribution in [3.8, 4) is 5.75 Å². The summed E-state index contributed by atoms with van der Waals surface area (Å²) >= 11 is 0. The molecule has 1 aromatic carbocycles. The molecule has 1 aromatic rings. The molecule has 1 unspecified atom stereocenters. The molecule has 4 heteroatoms. The van der Waals surface area contributed by atoms with Gasteiger partial charge in [0.15, 0.2) is 11.4 Å². The topological polar surface area (TPSA) is 63.6 Å². The number of ketones is 1. The molecule has 0 aliphatic heterocycles. The predicted molar refractivity (Wildman–Crippen MR) is 167 cm³/mol. The molecule has 4 nitrogen and oxygen atoms in total. The van der Waals surface area contributed by atoms with Gasteiger partial charge in [0, 0.05) is 5.41 Å². The van der Waals surface area contributed by atoms with Crippen molar-refractivity contribution in [3.05, 3.63) is 42.0 Å². The van der Waals surface area contributed by atoms with Crippen molar-refractivity contribution in [2.24, 2.45) is 56.7 Å². The van der Waals surface area contributed by atoms with Crippen LogP contribution in [-0.2, 0) is 9.59 Å². The standard InChI is InChI=1S/C38H54O4/c1-24-16-19-37(32(40)41)22-21-35(7)28(31(37)25(24)2)14-15-30-34(6)20-23-38(26(3)39,42-27-12-10-9-11-13-27)33(4,5)29(34)17-18-36(30,35)8/h9-14,24-25,29-31H,15-23H2,1-8H3,(H,40,41)/t24-,25+,29?,30-,31+,34+,35-,36-,37+,38-/m1/s1. The Bertz CT molecular complexity index is 1300. The van der Waals surface area contributed by atoms with Crippen molar-refractivity contribution < 1.29 is 19.4 Å². The number of aliphatic carboxylic acids is 1. The highest BCUT2D eigenvalue weighted by Crippen LogP contribution is 2.76. The van der Waals surface area contributed by atoms with E-state index in [9.17, 15) is 14.7 Å². The Kier molecular flexibility index (Phi) is 6.74. The maximum atomic E-state index is 13.6. The molecule has 0 amide bonds. The van der Waals surface area contributed by atoms with E-state index < -0.39 is 17.0 Å². The van der Waals surface area contributed by atoms with Gasteiger partial charge in [0.2, 0.25) is 0 Å². The second-order valence-corrected chi connectivity index (χ2v) is 16.6. The molecular formula is C38H54O4. The number of carbonyl (C=O) groups excluding carboxylic acids is 1. The zero-order chi connectivity index (χ0) is 30.5. The number of allylic oxidation sites excluding steroid dienone is 2. The number of carboxylic acid groups (broad SMARTS) is 1. The highest BCUT2D eigenvalue weighted by atomic mass is 16.5. The van der Waals surface area contributed by atoms with E-state index in [1.807, 2.05) is 30.3 Å².